The first-order valence-corrected chi connectivity index (χ1v) is 6.47. The quantitative estimate of drug-likeness (QED) is 0.654. The Morgan fingerprint density at radius 3 is 2.33 bits per heavy atom. The molecular formula is C11H10F3N5OS. The molecule has 1 amide bonds. The van der Waals surface area contributed by atoms with Crippen molar-refractivity contribution in [1.82, 2.24) is 14.9 Å². The summed E-state index contributed by atoms with van der Waals surface area (Å²) in [5.41, 5.74) is 5.81. The van der Waals surface area contributed by atoms with Crippen molar-refractivity contribution in [2.75, 3.05) is 5.84 Å². The van der Waals surface area contributed by atoms with Gasteiger partial charge < -0.3 is 11.6 Å². The van der Waals surface area contributed by atoms with Gasteiger partial charge in [-0.1, -0.05) is 42.1 Å². The summed E-state index contributed by atoms with van der Waals surface area (Å²) in [6.07, 6.45) is -4.73. The van der Waals surface area contributed by atoms with E-state index in [2.05, 4.69) is 10.2 Å². The Bertz CT molecular complexity index is 643. The number of benzene rings is 1. The van der Waals surface area contributed by atoms with Gasteiger partial charge in [0.15, 0.2) is 0 Å². The summed E-state index contributed by atoms with van der Waals surface area (Å²) in [7, 11) is 0. The number of nitrogens with zero attached hydrogens (tertiary/aromatic N) is 3. The van der Waals surface area contributed by atoms with Gasteiger partial charge in [0, 0.05) is 0 Å². The van der Waals surface area contributed by atoms with E-state index in [-0.39, 0.29) is 5.16 Å². The minimum Gasteiger partial charge on any atom is -0.368 e. The highest BCUT2D eigenvalue weighted by atomic mass is 32.2. The van der Waals surface area contributed by atoms with Gasteiger partial charge in [0.1, 0.15) is 5.25 Å². The summed E-state index contributed by atoms with van der Waals surface area (Å²) in [6, 6.07) is 8.36. The van der Waals surface area contributed by atoms with Crippen molar-refractivity contribution in [3.8, 4) is 0 Å². The minimum atomic E-state index is -4.73. The molecule has 0 aliphatic rings. The highest BCUT2D eigenvalue weighted by molar-refractivity contribution is 8.00. The molecule has 1 aromatic carbocycles. The normalized spacial score (nSPS) is 13.1. The van der Waals surface area contributed by atoms with Gasteiger partial charge >= 0.3 is 6.18 Å². The maximum absolute atomic E-state index is 12.6. The number of carbonyl (C=O) groups excluding carboxylic acids is 1. The molecule has 1 heterocycles. The molecule has 0 spiro atoms. The third-order valence-electron chi connectivity index (χ3n) is 2.50. The number of alkyl halides is 3. The molecule has 2 aromatic rings. The van der Waals surface area contributed by atoms with Crippen molar-refractivity contribution >= 4 is 17.7 Å². The number of nitrogen functional groups attached to an aromatic ring is 1. The lowest BCUT2D eigenvalue weighted by Crippen LogP contribution is -2.23. The molecule has 0 radical (unpaired) electrons. The Kier molecular flexibility index (Phi) is 4.07. The molecule has 1 aromatic heterocycles. The molecule has 0 aliphatic heterocycles. The topological polar surface area (TPSA) is 99.8 Å². The highest BCUT2D eigenvalue weighted by Gasteiger charge is 2.38. The van der Waals surface area contributed by atoms with Crippen LogP contribution in [0.4, 0.5) is 13.2 Å². The van der Waals surface area contributed by atoms with Crippen LogP contribution in [0, 0.1) is 0 Å². The first-order valence-electron chi connectivity index (χ1n) is 5.59. The second-order valence-electron chi connectivity index (χ2n) is 3.98. The van der Waals surface area contributed by atoms with Crippen molar-refractivity contribution in [1.29, 1.82) is 0 Å². The summed E-state index contributed by atoms with van der Waals surface area (Å²) >= 11 is 0.703. The number of amides is 1. The molecule has 112 valence electrons. The number of aromatic nitrogens is 3. The zero-order valence-electron chi connectivity index (χ0n) is 10.4. The van der Waals surface area contributed by atoms with E-state index >= 15 is 0 Å². The molecule has 10 heteroatoms. The Balaban J connectivity index is 2.31. The molecule has 2 rings (SSSR count). The first kappa shape index (κ1) is 15.2. The monoisotopic (exact) mass is 317 g/mol. The SMILES string of the molecule is NC(=O)C(Sc1nnc(C(F)(F)F)n1N)c1ccccc1. The first-order chi connectivity index (χ1) is 9.80. The van der Waals surface area contributed by atoms with Gasteiger partial charge in [-0.25, -0.2) is 4.68 Å². The zero-order valence-corrected chi connectivity index (χ0v) is 11.2. The van der Waals surface area contributed by atoms with Gasteiger partial charge in [0.05, 0.1) is 0 Å². The van der Waals surface area contributed by atoms with E-state index in [1.807, 2.05) is 0 Å². The second-order valence-corrected chi connectivity index (χ2v) is 5.06. The third-order valence-corrected chi connectivity index (χ3v) is 3.73. The van der Waals surface area contributed by atoms with E-state index in [4.69, 9.17) is 11.6 Å². The van der Waals surface area contributed by atoms with Crippen LogP contribution in [0.3, 0.4) is 0 Å². The van der Waals surface area contributed by atoms with Crippen molar-refractivity contribution in [3.05, 3.63) is 41.7 Å². The smallest absolute Gasteiger partial charge is 0.368 e. The second kappa shape index (κ2) is 5.64. The van der Waals surface area contributed by atoms with Crippen molar-refractivity contribution in [2.24, 2.45) is 5.73 Å². The minimum absolute atomic E-state index is 0.255. The van der Waals surface area contributed by atoms with Crippen LogP contribution in [0.25, 0.3) is 0 Å². The van der Waals surface area contributed by atoms with Crippen LogP contribution in [-0.4, -0.2) is 20.8 Å². The van der Waals surface area contributed by atoms with Crippen LogP contribution < -0.4 is 11.6 Å². The number of nitrogens with two attached hydrogens (primary N) is 2. The molecule has 0 saturated heterocycles. The summed E-state index contributed by atoms with van der Waals surface area (Å²) in [4.78, 5) is 11.5. The van der Waals surface area contributed by atoms with Crippen LogP contribution in [-0.2, 0) is 11.0 Å². The number of thioether (sulfide) groups is 1. The number of halogens is 3. The van der Waals surface area contributed by atoms with Gasteiger partial charge in [-0.2, -0.15) is 13.2 Å². The van der Waals surface area contributed by atoms with Crippen LogP contribution in [0.5, 0.6) is 0 Å². The molecule has 1 unspecified atom stereocenters. The number of hydrogen-bond acceptors (Lipinski definition) is 5. The van der Waals surface area contributed by atoms with Gasteiger partial charge in [0.25, 0.3) is 5.82 Å². The molecular weight excluding hydrogens is 307 g/mol. The molecule has 0 fully saturated rings. The molecule has 0 saturated carbocycles. The molecule has 0 bridgehead atoms. The van der Waals surface area contributed by atoms with Crippen molar-refractivity contribution in [3.63, 3.8) is 0 Å². The van der Waals surface area contributed by atoms with E-state index < -0.39 is 23.2 Å². The molecule has 21 heavy (non-hydrogen) atoms. The number of carbonyl (C=O) groups is 1. The predicted octanol–water partition coefficient (Wildman–Crippen LogP) is 1.33. The van der Waals surface area contributed by atoms with Gasteiger partial charge in [-0.05, 0) is 5.56 Å². The fourth-order valence-electron chi connectivity index (χ4n) is 1.57. The average molecular weight is 317 g/mol. The zero-order chi connectivity index (χ0) is 15.6. The fraction of sp³-hybridized carbons (Fsp3) is 0.182. The molecule has 1 atom stereocenters. The summed E-state index contributed by atoms with van der Waals surface area (Å²) in [5.74, 6) is 3.25. The van der Waals surface area contributed by atoms with E-state index in [9.17, 15) is 18.0 Å². The highest BCUT2D eigenvalue weighted by Crippen LogP contribution is 2.35. The van der Waals surface area contributed by atoms with E-state index in [0.717, 1.165) is 0 Å². The van der Waals surface area contributed by atoms with Crippen LogP contribution in [0.2, 0.25) is 0 Å². The number of rotatable bonds is 4. The van der Waals surface area contributed by atoms with Crippen molar-refractivity contribution < 1.29 is 18.0 Å². The van der Waals surface area contributed by atoms with E-state index in [0.29, 0.717) is 22.0 Å². The average Bonchev–Trinajstić information content (AvgIpc) is 2.77. The van der Waals surface area contributed by atoms with Gasteiger partial charge in [-0.3, -0.25) is 4.79 Å². The lowest BCUT2D eigenvalue weighted by molar-refractivity contribution is -0.146. The summed E-state index contributed by atoms with van der Waals surface area (Å²) in [6.45, 7) is 0. The Morgan fingerprint density at radius 1 is 1.24 bits per heavy atom. The maximum atomic E-state index is 12.6. The maximum Gasteiger partial charge on any atom is 0.453 e. The summed E-state index contributed by atoms with van der Waals surface area (Å²) in [5, 5.41) is 5.16. The lowest BCUT2D eigenvalue weighted by atomic mass is 10.1. The van der Waals surface area contributed by atoms with Gasteiger partial charge in [0.2, 0.25) is 11.1 Å². The molecule has 6 nitrogen and oxygen atoms in total. The standard InChI is InChI=1S/C11H10F3N5OS/c12-11(13,14)9-17-18-10(19(9)16)21-7(8(15)20)6-4-2-1-3-5-6/h1-5,7H,16H2,(H2,15,20). The lowest BCUT2D eigenvalue weighted by Gasteiger charge is -2.12. The third kappa shape index (κ3) is 3.27. The Labute approximate surface area is 121 Å². The van der Waals surface area contributed by atoms with E-state index in [1.165, 1.54) is 0 Å². The predicted molar refractivity (Wildman–Crippen MR) is 69.4 cm³/mol. The van der Waals surface area contributed by atoms with Crippen LogP contribution in [0.1, 0.15) is 16.6 Å². The van der Waals surface area contributed by atoms with Crippen LogP contribution >= 0.6 is 11.8 Å². The molecule has 0 aliphatic carbocycles. The molecule has 4 N–H and O–H groups in total. The van der Waals surface area contributed by atoms with Crippen molar-refractivity contribution in [2.45, 2.75) is 16.6 Å². The fourth-order valence-corrected chi connectivity index (χ4v) is 2.48. The number of primary amides is 1. The summed E-state index contributed by atoms with van der Waals surface area (Å²) < 4.78 is 38.0. The van der Waals surface area contributed by atoms with Crippen LogP contribution in [0.15, 0.2) is 35.5 Å². The Hall–Kier alpha value is -2.23. The Morgan fingerprint density at radius 2 is 1.86 bits per heavy atom. The van der Waals surface area contributed by atoms with Gasteiger partial charge in [-0.15, -0.1) is 10.2 Å². The largest absolute Gasteiger partial charge is 0.453 e. The van der Waals surface area contributed by atoms with E-state index in [1.54, 1.807) is 30.3 Å². The number of hydrogen-bond donors (Lipinski definition) is 2.